The van der Waals surface area contributed by atoms with Gasteiger partial charge in [-0.2, -0.15) is 0 Å². The number of carbonyl (C=O) groups excluding carboxylic acids is 1. The Bertz CT molecular complexity index is 884. The first kappa shape index (κ1) is 14.1. The van der Waals surface area contributed by atoms with Crippen LogP contribution in [0.25, 0.3) is 10.9 Å². The number of nitrogens with one attached hydrogen (secondary N) is 1. The van der Waals surface area contributed by atoms with Crippen LogP contribution in [-0.2, 0) is 13.0 Å². The van der Waals surface area contributed by atoms with Crippen molar-refractivity contribution in [2.75, 3.05) is 6.54 Å². The van der Waals surface area contributed by atoms with Crippen molar-refractivity contribution in [2.24, 2.45) is 0 Å². The normalized spacial score (nSPS) is 14.4. The maximum atomic E-state index is 12.5. The highest BCUT2D eigenvalue weighted by Crippen LogP contribution is 2.30. The number of aromatic amines is 1. The van der Waals surface area contributed by atoms with Gasteiger partial charge in [0.2, 0.25) is 0 Å². The van der Waals surface area contributed by atoms with Crippen molar-refractivity contribution in [2.45, 2.75) is 13.0 Å². The van der Waals surface area contributed by atoms with Crippen LogP contribution in [0, 0.1) is 0 Å². The minimum Gasteiger partial charge on any atom is -0.357 e. The van der Waals surface area contributed by atoms with Gasteiger partial charge < -0.3 is 9.88 Å². The van der Waals surface area contributed by atoms with Crippen molar-refractivity contribution in [3.63, 3.8) is 0 Å². The molecule has 0 unspecified atom stereocenters. The number of thiophene rings is 1. The van der Waals surface area contributed by atoms with Gasteiger partial charge in [-0.25, -0.2) is 0 Å². The van der Waals surface area contributed by atoms with Gasteiger partial charge in [0, 0.05) is 33.5 Å². The van der Waals surface area contributed by atoms with Gasteiger partial charge in [0.1, 0.15) is 0 Å². The Kier molecular flexibility index (Phi) is 3.40. The molecule has 0 saturated carbocycles. The molecule has 22 heavy (non-hydrogen) atoms. The molecule has 1 aliphatic rings. The van der Waals surface area contributed by atoms with Crippen molar-refractivity contribution >= 4 is 51.3 Å². The Labute approximate surface area is 141 Å². The van der Waals surface area contributed by atoms with Crippen molar-refractivity contribution in [3.05, 3.63) is 55.8 Å². The SMILES string of the molecule is O=C(c1csc(Cl)c1)N1CCc2c([nH]c3ccc(Cl)cc23)C1. The minimum atomic E-state index is 0.0329. The minimum absolute atomic E-state index is 0.0329. The molecule has 1 N–H and O–H groups in total. The lowest BCUT2D eigenvalue weighted by molar-refractivity contribution is 0.0733. The van der Waals surface area contributed by atoms with Gasteiger partial charge in [0.25, 0.3) is 5.91 Å². The largest absolute Gasteiger partial charge is 0.357 e. The first-order chi connectivity index (χ1) is 10.6. The predicted molar refractivity (Wildman–Crippen MR) is 91.1 cm³/mol. The first-order valence-electron chi connectivity index (χ1n) is 6.94. The lowest BCUT2D eigenvalue weighted by Gasteiger charge is -2.26. The fourth-order valence-corrected chi connectivity index (χ4v) is 4.02. The third-order valence-electron chi connectivity index (χ3n) is 4.04. The molecule has 6 heteroatoms. The highest BCUT2D eigenvalue weighted by molar-refractivity contribution is 7.14. The molecule has 0 spiro atoms. The predicted octanol–water partition coefficient (Wildman–Crippen LogP) is 4.73. The Morgan fingerprint density at radius 1 is 1.27 bits per heavy atom. The van der Waals surface area contributed by atoms with E-state index < -0.39 is 0 Å². The van der Waals surface area contributed by atoms with Crippen LogP contribution in [-0.4, -0.2) is 22.3 Å². The van der Waals surface area contributed by atoms with Crippen LogP contribution in [0.3, 0.4) is 0 Å². The number of amides is 1. The summed E-state index contributed by atoms with van der Waals surface area (Å²) >= 11 is 13.4. The van der Waals surface area contributed by atoms with Crippen LogP contribution < -0.4 is 0 Å². The van der Waals surface area contributed by atoms with E-state index in [1.807, 2.05) is 28.5 Å². The molecule has 2 aromatic heterocycles. The molecule has 0 saturated heterocycles. The molecule has 0 bridgehead atoms. The summed E-state index contributed by atoms with van der Waals surface area (Å²) < 4.78 is 0.640. The zero-order valence-electron chi connectivity index (χ0n) is 11.5. The van der Waals surface area contributed by atoms with Gasteiger partial charge in [-0.3, -0.25) is 4.79 Å². The highest BCUT2D eigenvalue weighted by atomic mass is 35.5. The molecule has 1 aromatic carbocycles. The third-order valence-corrected chi connectivity index (χ3v) is 5.37. The van der Waals surface area contributed by atoms with E-state index in [1.54, 1.807) is 6.07 Å². The van der Waals surface area contributed by atoms with Crippen LogP contribution in [0.15, 0.2) is 29.6 Å². The van der Waals surface area contributed by atoms with E-state index >= 15 is 0 Å². The Morgan fingerprint density at radius 3 is 2.91 bits per heavy atom. The van der Waals surface area contributed by atoms with Gasteiger partial charge in [-0.15, -0.1) is 11.3 Å². The second-order valence-corrected chi connectivity index (χ2v) is 7.37. The summed E-state index contributed by atoms with van der Waals surface area (Å²) in [5, 5.41) is 3.71. The fourth-order valence-electron chi connectivity index (χ4n) is 2.99. The molecule has 4 rings (SSSR count). The summed E-state index contributed by atoms with van der Waals surface area (Å²) in [6.07, 6.45) is 0.833. The number of H-pyrrole nitrogens is 1. The number of halogens is 2. The molecular weight excluding hydrogens is 339 g/mol. The number of nitrogens with zero attached hydrogens (tertiary/aromatic N) is 1. The van der Waals surface area contributed by atoms with E-state index in [0.717, 1.165) is 28.0 Å². The smallest absolute Gasteiger partial charge is 0.255 e. The topological polar surface area (TPSA) is 36.1 Å². The van der Waals surface area contributed by atoms with Crippen LogP contribution in [0.4, 0.5) is 0 Å². The van der Waals surface area contributed by atoms with Gasteiger partial charge in [0.05, 0.1) is 16.4 Å². The van der Waals surface area contributed by atoms with Crippen molar-refractivity contribution in [1.29, 1.82) is 0 Å². The number of hydrogen-bond donors (Lipinski definition) is 1. The number of fused-ring (bicyclic) bond motifs is 3. The van der Waals surface area contributed by atoms with Crippen LogP contribution >= 0.6 is 34.5 Å². The molecule has 112 valence electrons. The maximum Gasteiger partial charge on any atom is 0.255 e. The Balaban J connectivity index is 1.67. The van der Waals surface area contributed by atoms with E-state index in [4.69, 9.17) is 23.2 Å². The highest BCUT2D eigenvalue weighted by Gasteiger charge is 2.25. The maximum absolute atomic E-state index is 12.5. The summed E-state index contributed by atoms with van der Waals surface area (Å²) in [7, 11) is 0. The molecule has 3 nitrogen and oxygen atoms in total. The molecule has 0 radical (unpaired) electrons. The lowest BCUT2D eigenvalue weighted by Crippen LogP contribution is -2.35. The molecule has 0 atom stereocenters. The third kappa shape index (κ3) is 2.32. The molecule has 3 aromatic rings. The Hall–Kier alpha value is -1.49. The van der Waals surface area contributed by atoms with Crippen molar-refractivity contribution < 1.29 is 4.79 Å². The van der Waals surface area contributed by atoms with E-state index in [0.29, 0.717) is 23.0 Å². The molecule has 0 aliphatic carbocycles. The molecule has 0 fully saturated rings. The lowest BCUT2D eigenvalue weighted by atomic mass is 10.0. The summed E-state index contributed by atoms with van der Waals surface area (Å²) in [5.41, 5.74) is 4.10. The molecule has 1 amide bonds. The number of rotatable bonds is 1. The number of carbonyl (C=O) groups is 1. The quantitative estimate of drug-likeness (QED) is 0.676. The van der Waals surface area contributed by atoms with Gasteiger partial charge >= 0.3 is 0 Å². The summed E-state index contributed by atoms with van der Waals surface area (Å²) in [6, 6.07) is 7.58. The number of hydrogen-bond acceptors (Lipinski definition) is 2. The zero-order valence-corrected chi connectivity index (χ0v) is 13.9. The average Bonchev–Trinajstić information content (AvgIpc) is 3.09. The van der Waals surface area contributed by atoms with Crippen molar-refractivity contribution in [1.82, 2.24) is 9.88 Å². The Morgan fingerprint density at radius 2 is 2.14 bits per heavy atom. The fraction of sp³-hybridized carbons (Fsp3) is 0.188. The van der Waals surface area contributed by atoms with E-state index in [-0.39, 0.29) is 5.91 Å². The van der Waals surface area contributed by atoms with Crippen LogP contribution in [0.2, 0.25) is 9.36 Å². The summed E-state index contributed by atoms with van der Waals surface area (Å²) in [6.45, 7) is 1.30. The number of aromatic nitrogens is 1. The molecular formula is C16H12Cl2N2OS. The zero-order chi connectivity index (χ0) is 15.3. The first-order valence-corrected chi connectivity index (χ1v) is 8.57. The summed E-state index contributed by atoms with van der Waals surface area (Å²) in [5.74, 6) is 0.0329. The summed E-state index contributed by atoms with van der Waals surface area (Å²) in [4.78, 5) is 17.8. The van der Waals surface area contributed by atoms with Crippen LogP contribution in [0.5, 0.6) is 0 Å². The molecule has 1 aliphatic heterocycles. The van der Waals surface area contributed by atoms with Gasteiger partial charge in [-0.1, -0.05) is 23.2 Å². The van der Waals surface area contributed by atoms with Crippen molar-refractivity contribution in [3.8, 4) is 0 Å². The van der Waals surface area contributed by atoms with Gasteiger partial charge in [-0.05, 0) is 36.2 Å². The second-order valence-electron chi connectivity index (χ2n) is 5.39. The van der Waals surface area contributed by atoms with Crippen LogP contribution in [0.1, 0.15) is 21.6 Å². The van der Waals surface area contributed by atoms with E-state index in [2.05, 4.69) is 4.98 Å². The average molecular weight is 351 g/mol. The van der Waals surface area contributed by atoms with E-state index in [9.17, 15) is 4.79 Å². The number of benzene rings is 1. The van der Waals surface area contributed by atoms with Gasteiger partial charge in [0.15, 0.2) is 0 Å². The monoisotopic (exact) mass is 350 g/mol. The van der Waals surface area contributed by atoms with E-state index in [1.165, 1.54) is 16.9 Å². The standard InChI is InChI=1S/C16H12Cl2N2OS/c17-10-1-2-13-12(6-10)11-3-4-20(7-14(11)19-13)16(21)9-5-15(18)22-8-9/h1-2,5-6,8,19H,3-4,7H2. The molecule has 3 heterocycles. The second kappa shape index (κ2) is 5.30.